The molecule has 0 fully saturated rings. The molecule has 0 spiro atoms. The van der Waals surface area contributed by atoms with Crippen molar-refractivity contribution in [2.24, 2.45) is 0 Å². The molecule has 0 radical (unpaired) electrons. The zero-order valence-electron chi connectivity index (χ0n) is 12.1. The number of para-hydroxylation sites is 1. The van der Waals surface area contributed by atoms with Crippen LogP contribution in [0.2, 0.25) is 0 Å². The summed E-state index contributed by atoms with van der Waals surface area (Å²) in [6.07, 6.45) is 0.928. The normalized spacial score (nSPS) is 20.2. The van der Waals surface area contributed by atoms with Crippen LogP contribution >= 0.6 is 0 Å². The summed E-state index contributed by atoms with van der Waals surface area (Å²) in [5, 5.41) is 7.46. The molecule has 0 bridgehead atoms. The van der Waals surface area contributed by atoms with Crippen LogP contribution in [0.25, 0.3) is 0 Å². The van der Waals surface area contributed by atoms with E-state index in [1.54, 1.807) is 0 Å². The molecule has 1 N–H and O–H groups in total. The van der Waals surface area contributed by atoms with Crippen molar-refractivity contribution in [1.29, 1.82) is 0 Å². The molecule has 0 saturated carbocycles. The number of aromatic nitrogens is 1. The molecule has 0 aliphatic carbocycles. The molecule has 0 saturated heterocycles. The second kappa shape index (κ2) is 4.94. The topological polar surface area (TPSA) is 47.3 Å². The summed E-state index contributed by atoms with van der Waals surface area (Å²) in [5.74, 6) is 1.83. The monoisotopic (exact) mass is 272 g/mol. The first-order valence-corrected chi connectivity index (χ1v) is 6.97. The van der Waals surface area contributed by atoms with Gasteiger partial charge in [0.25, 0.3) is 0 Å². The standard InChI is InChI=1S/C16H20N2O2/c1-11-8-12(20-18-11)10-17-14-9-16(2,3)19-15-7-5-4-6-13(14)15/h4-8,14,17H,9-10H2,1-3H3. The van der Waals surface area contributed by atoms with Gasteiger partial charge in [-0.3, -0.25) is 0 Å². The Bertz CT molecular complexity index is 604. The minimum atomic E-state index is -0.163. The van der Waals surface area contributed by atoms with Gasteiger partial charge >= 0.3 is 0 Å². The van der Waals surface area contributed by atoms with Crippen molar-refractivity contribution in [2.45, 2.75) is 45.4 Å². The Hall–Kier alpha value is -1.81. The van der Waals surface area contributed by atoms with Crippen LogP contribution in [0.1, 0.15) is 43.3 Å². The number of rotatable bonds is 3. The molecule has 1 aromatic carbocycles. The lowest BCUT2D eigenvalue weighted by atomic mass is 9.89. The second-order valence-electron chi connectivity index (χ2n) is 5.97. The number of ether oxygens (including phenoxy) is 1. The van der Waals surface area contributed by atoms with Gasteiger partial charge in [-0.2, -0.15) is 0 Å². The average Bonchev–Trinajstić information content (AvgIpc) is 2.80. The molecule has 2 aromatic rings. The molecule has 1 atom stereocenters. The van der Waals surface area contributed by atoms with Crippen LogP contribution in [0, 0.1) is 6.92 Å². The van der Waals surface area contributed by atoms with Gasteiger partial charge in [-0.05, 0) is 26.8 Å². The smallest absolute Gasteiger partial charge is 0.150 e. The van der Waals surface area contributed by atoms with Gasteiger partial charge in [0, 0.05) is 24.1 Å². The van der Waals surface area contributed by atoms with E-state index in [-0.39, 0.29) is 11.6 Å². The van der Waals surface area contributed by atoms with Gasteiger partial charge in [-0.25, -0.2) is 0 Å². The van der Waals surface area contributed by atoms with Crippen molar-refractivity contribution in [1.82, 2.24) is 10.5 Å². The molecule has 4 heteroatoms. The van der Waals surface area contributed by atoms with E-state index in [0.717, 1.165) is 23.6 Å². The van der Waals surface area contributed by atoms with E-state index in [2.05, 4.69) is 30.4 Å². The van der Waals surface area contributed by atoms with Crippen LogP contribution in [-0.4, -0.2) is 10.8 Å². The Morgan fingerprint density at radius 2 is 2.15 bits per heavy atom. The maximum atomic E-state index is 6.03. The highest BCUT2D eigenvalue weighted by atomic mass is 16.5. The molecule has 1 aliphatic rings. The highest BCUT2D eigenvalue weighted by Crippen LogP contribution is 2.39. The van der Waals surface area contributed by atoms with E-state index in [4.69, 9.17) is 9.26 Å². The minimum Gasteiger partial charge on any atom is -0.487 e. The zero-order valence-corrected chi connectivity index (χ0v) is 12.1. The third-order valence-corrected chi connectivity index (χ3v) is 3.58. The summed E-state index contributed by atoms with van der Waals surface area (Å²) in [5.41, 5.74) is 1.96. The molecule has 0 amide bonds. The number of hydrogen-bond donors (Lipinski definition) is 1. The lowest BCUT2D eigenvalue weighted by molar-refractivity contribution is 0.0652. The summed E-state index contributed by atoms with van der Waals surface area (Å²) < 4.78 is 11.3. The third-order valence-electron chi connectivity index (χ3n) is 3.58. The highest BCUT2D eigenvalue weighted by molar-refractivity contribution is 5.38. The van der Waals surface area contributed by atoms with Crippen LogP contribution in [0.4, 0.5) is 0 Å². The van der Waals surface area contributed by atoms with Gasteiger partial charge < -0.3 is 14.6 Å². The number of aryl methyl sites for hydroxylation is 1. The molecule has 2 heterocycles. The number of nitrogens with zero attached hydrogens (tertiary/aromatic N) is 1. The predicted octanol–water partition coefficient (Wildman–Crippen LogP) is 3.38. The molecule has 4 nitrogen and oxygen atoms in total. The first kappa shape index (κ1) is 13.2. The van der Waals surface area contributed by atoms with Gasteiger partial charge in [0.15, 0.2) is 5.76 Å². The van der Waals surface area contributed by atoms with E-state index >= 15 is 0 Å². The van der Waals surface area contributed by atoms with E-state index in [0.29, 0.717) is 6.54 Å². The molecule has 1 unspecified atom stereocenters. The van der Waals surface area contributed by atoms with Crippen LogP contribution < -0.4 is 10.1 Å². The molecule has 20 heavy (non-hydrogen) atoms. The first-order chi connectivity index (χ1) is 9.53. The Labute approximate surface area is 119 Å². The van der Waals surface area contributed by atoms with Crippen molar-refractivity contribution in [2.75, 3.05) is 0 Å². The minimum absolute atomic E-state index is 0.163. The molecule has 1 aliphatic heterocycles. The van der Waals surface area contributed by atoms with E-state index < -0.39 is 0 Å². The fourth-order valence-corrected chi connectivity index (χ4v) is 2.71. The van der Waals surface area contributed by atoms with Crippen molar-refractivity contribution < 1.29 is 9.26 Å². The van der Waals surface area contributed by atoms with E-state index in [1.807, 2.05) is 31.2 Å². The molecular formula is C16H20N2O2. The van der Waals surface area contributed by atoms with Gasteiger partial charge in [0.1, 0.15) is 11.4 Å². The summed E-state index contributed by atoms with van der Waals surface area (Å²) in [6.45, 7) is 6.85. The zero-order chi connectivity index (χ0) is 14.2. The first-order valence-electron chi connectivity index (χ1n) is 6.97. The van der Waals surface area contributed by atoms with Crippen molar-refractivity contribution in [3.63, 3.8) is 0 Å². The number of fused-ring (bicyclic) bond motifs is 1. The van der Waals surface area contributed by atoms with Crippen molar-refractivity contribution >= 4 is 0 Å². The lowest BCUT2D eigenvalue weighted by Gasteiger charge is -2.37. The quantitative estimate of drug-likeness (QED) is 0.930. The van der Waals surface area contributed by atoms with Gasteiger partial charge in [-0.1, -0.05) is 23.4 Å². The highest BCUT2D eigenvalue weighted by Gasteiger charge is 2.33. The van der Waals surface area contributed by atoms with Crippen LogP contribution in [-0.2, 0) is 6.54 Å². The number of nitrogens with one attached hydrogen (secondary N) is 1. The molecule has 3 rings (SSSR count). The fraction of sp³-hybridized carbons (Fsp3) is 0.438. The summed E-state index contributed by atoms with van der Waals surface area (Å²) in [4.78, 5) is 0. The maximum Gasteiger partial charge on any atom is 0.150 e. The summed E-state index contributed by atoms with van der Waals surface area (Å²) in [6, 6.07) is 10.4. The summed E-state index contributed by atoms with van der Waals surface area (Å²) in [7, 11) is 0. The van der Waals surface area contributed by atoms with Gasteiger partial charge in [0.05, 0.1) is 12.2 Å². The average molecular weight is 272 g/mol. The number of hydrogen-bond acceptors (Lipinski definition) is 4. The Balaban J connectivity index is 1.78. The molecule has 1 aromatic heterocycles. The largest absolute Gasteiger partial charge is 0.487 e. The Morgan fingerprint density at radius 3 is 2.90 bits per heavy atom. The molecular weight excluding hydrogens is 252 g/mol. The van der Waals surface area contributed by atoms with Crippen LogP contribution in [0.5, 0.6) is 5.75 Å². The van der Waals surface area contributed by atoms with E-state index in [1.165, 1.54) is 5.56 Å². The molecule has 106 valence electrons. The van der Waals surface area contributed by atoms with Gasteiger partial charge in [-0.15, -0.1) is 0 Å². The Morgan fingerprint density at radius 1 is 1.35 bits per heavy atom. The second-order valence-corrected chi connectivity index (χ2v) is 5.97. The van der Waals surface area contributed by atoms with Crippen LogP contribution in [0.15, 0.2) is 34.9 Å². The van der Waals surface area contributed by atoms with Crippen LogP contribution in [0.3, 0.4) is 0 Å². The van der Waals surface area contributed by atoms with E-state index in [9.17, 15) is 0 Å². The van der Waals surface area contributed by atoms with Gasteiger partial charge in [0.2, 0.25) is 0 Å². The van der Waals surface area contributed by atoms with Crippen molar-refractivity contribution in [3.8, 4) is 5.75 Å². The lowest BCUT2D eigenvalue weighted by Crippen LogP contribution is -2.39. The van der Waals surface area contributed by atoms with Crippen molar-refractivity contribution in [3.05, 3.63) is 47.3 Å². The summed E-state index contributed by atoms with van der Waals surface area (Å²) >= 11 is 0. The third kappa shape index (κ3) is 2.70. The predicted molar refractivity (Wildman–Crippen MR) is 76.6 cm³/mol. The number of benzene rings is 1. The SMILES string of the molecule is Cc1cc(CNC2CC(C)(C)Oc3ccccc32)on1. The maximum absolute atomic E-state index is 6.03. The Kier molecular flexibility index (Phi) is 3.26. The fourth-order valence-electron chi connectivity index (χ4n) is 2.71.